The molecule has 0 aliphatic carbocycles. The summed E-state index contributed by atoms with van der Waals surface area (Å²) in [5, 5.41) is 0. The Labute approximate surface area is 161 Å². The lowest BCUT2D eigenvalue weighted by atomic mass is 10.0. The molecule has 24 heavy (non-hydrogen) atoms. The molecule has 1 unspecified atom stereocenters. The summed E-state index contributed by atoms with van der Waals surface area (Å²) in [6.45, 7) is 1.39. The fraction of sp³-hybridized carbons (Fsp3) is 0.353. The van der Waals surface area contributed by atoms with Gasteiger partial charge in [0, 0.05) is 15.7 Å². The van der Waals surface area contributed by atoms with E-state index >= 15 is 0 Å². The van der Waals surface area contributed by atoms with Crippen LogP contribution in [0.15, 0.2) is 28.7 Å². The molecule has 0 saturated heterocycles. The average Bonchev–Trinajstić information content (AvgIpc) is 2.53. The standard InChI is InChI=1S/C17H15BrF2INO2/c1-2-3-8-24-11-4-5-12(13(18)9-11)15-7-6-14(21)17(23)22(15)10-16(19)20/h4-5,7,9,14,16H,6,8,10H2,1H3. The number of allylic oxidation sites excluding steroid dienone is 1. The molecular formula is C17H15BrF2INO2. The maximum absolute atomic E-state index is 12.9. The highest BCUT2D eigenvalue weighted by Crippen LogP contribution is 2.35. The number of halogens is 4. The molecule has 1 aromatic carbocycles. The summed E-state index contributed by atoms with van der Waals surface area (Å²) in [5.74, 6) is 5.86. The van der Waals surface area contributed by atoms with Gasteiger partial charge in [-0.25, -0.2) is 8.78 Å². The molecule has 128 valence electrons. The SMILES string of the molecule is CC#CCOc1ccc(C2=CCC(I)C(=O)N2CC(F)F)c(Br)c1. The predicted octanol–water partition coefficient (Wildman–Crippen LogP) is 4.49. The largest absolute Gasteiger partial charge is 0.481 e. The summed E-state index contributed by atoms with van der Waals surface area (Å²) in [6.07, 6.45) is -0.247. The van der Waals surface area contributed by atoms with E-state index in [9.17, 15) is 13.6 Å². The lowest BCUT2D eigenvalue weighted by Crippen LogP contribution is -2.40. The lowest BCUT2D eigenvalue weighted by molar-refractivity contribution is -0.128. The van der Waals surface area contributed by atoms with Crippen molar-refractivity contribution >= 4 is 50.1 Å². The molecule has 1 aromatic rings. The van der Waals surface area contributed by atoms with Crippen LogP contribution in [0.25, 0.3) is 5.70 Å². The average molecular weight is 510 g/mol. The number of hydrogen-bond acceptors (Lipinski definition) is 2. The van der Waals surface area contributed by atoms with E-state index < -0.39 is 13.0 Å². The first-order valence-corrected chi connectivity index (χ1v) is 9.24. The number of hydrogen-bond donors (Lipinski definition) is 0. The van der Waals surface area contributed by atoms with Crippen LogP contribution >= 0.6 is 38.5 Å². The van der Waals surface area contributed by atoms with E-state index in [2.05, 4.69) is 27.8 Å². The number of benzene rings is 1. The third-order valence-corrected chi connectivity index (χ3v) is 5.07. The van der Waals surface area contributed by atoms with Gasteiger partial charge in [-0.05, 0) is 47.5 Å². The number of rotatable bonds is 5. The first-order chi connectivity index (χ1) is 11.4. The molecule has 0 bridgehead atoms. The summed E-state index contributed by atoms with van der Waals surface area (Å²) in [6, 6.07) is 5.23. The van der Waals surface area contributed by atoms with Gasteiger partial charge in [-0.3, -0.25) is 4.79 Å². The van der Waals surface area contributed by atoms with Gasteiger partial charge in [-0.15, -0.1) is 5.92 Å². The van der Waals surface area contributed by atoms with Crippen molar-refractivity contribution in [2.75, 3.05) is 13.2 Å². The highest BCUT2D eigenvalue weighted by molar-refractivity contribution is 14.1. The minimum Gasteiger partial charge on any atom is -0.481 e. The Morgan fingerprint density at radius 2 is 2.25 bits per heavy atom. The number of carbonyl (C=O) groups excluding carboxylic acids is 1. The molecule has 0 saturated carbocycles. The van der Waals surface area contributed by atoms with Crippen LogP contribution in [0, 0.1) is 11.8 Å². The zero-order chi connectivity index (χ0) is 17.7. The lowest BCUT2D eigenvalue weighted by Gasteiger charge is -2.31. The van der Waals surface area contributed by atoms with E-state index in [1.165, 1.54) is 0 Å². The molecule has 0 N–H and O–H groups in total. The fourth-order valence-electron chi connectivity index (χ4n) is 2.28. The summed E-state index contributed by atoms with van der Waals surface area (Å²) in [4.78, 5) is 13.4. The van der Waals surface area contributed by atoms with Crippen LogP contribution in [-0.4, -0.2) is 34.3 Å². The molecule has 1 aliphatic rings. The number of nitrogens with zero attached hydrogens (tertiary/aromatic N) is 1. The summed E-state index contributed by atoms with van der Waals surface area (Å²) >= 11 is 5.42. The second-order valence-corrected chi connectivity index (χ2v) is 7.35. The third kappa shape index (κ3) is 4.70. The third-order valence-electron chi connectivity index (χ3n) is 3.37. The summed E-state index contributed by atoms with van der Waals surface area (Å²) in [5.41, 5.74) is 1.18. The van der Waals surface area contributed by atoms with Gasteiger partial charge in [0.25, 0.3) is 6.43 Å². The molecule has 2 rings (SSSR count). The van der Waals surface area contributed by atoms with E-state index in [0.29, 0.717) is 27.9 Å². The normalized spacial score (nSPS) is 17.4. The quantitative estimate of drug-likeness (QED) is 0.332. The highest BCUT2D eigenvalue weighted by atomic mass is 127. The van der Waals surface area contributed by atoms with Gasteiger partial charge in [0.2, 0.25) is 5.91 Å². The Hall–Kier alpha value is -1.14. The van der Waals surface area contributed by atoms with Gasteiger partial charge in [0.1, 0.15) is 12.4 Å². The van der Waals surface area contributed by atoms with Crippen LogP contribution in [-0.2, 0) is 4.79 Å². The van der Waals surface area contributed by atoms with E-state index in [-0.39, 0.29) is 16.4 Å². The molecule has 7 heteroatoms. The van der Waals surface area contributed by atoms with Gasteiger partial charge in [-0.2, -0.15) is 0 Å². The van der Waals surface area contributed by atoms with Crippen molar-refractivity contribution in [1.82, 2.24) is 4.90 Å². The van der Waals surface area contributed by atoms with Gasteiger partial charge in [0.05, 0.1) is 10.5 Å². The highest BCUT2D eigenvalue weighted by Gasteiger charge is 2.31. The molecule has 0 radical (unpaired) electrons. The Morgan fingerprint density at radius 3 is 2.88 bits per heavy atom. The first-order valence-electron chi connectivity index (χ1n) is 7.20. The second kappa shape index (κ2) is 8.81. The number of ether oxygens (including phenoxy) is 1. The molecule has 1 amide bonds. The molecule has 0 spiro atoms. The van der Waals surface area contributed by atoms with Crippen LogP contribution < -0.4 is 4.74 Å². The van der Waals surface area contributed by atoms with Crippen LogP contribution in [0.2, 0.25) is 0 Å². The molecule has 0 fully saturated rings. The smallest absolute Gasteiger partial charge is 0.256 e. The molecule has 1 atom stereocenters. The topological polar surface area (TPSA) is 29.5 Å². The molecule has 3 nitrogen and oxygen atoms in total. The van der Waals surface area contributed by atoms with Crippen molar-refractivity contribution in [3.63, 3.8) is 0 Å². The van der Waals surface area contributed by atoms with Crippen molar-refractivity contribution in [2.24, 2.45) is 0 Å². The molecule has 0 aromatic heterocycles. The minimum atomic E-state index is -2.59. The Balaban J connectivity index is 2.30. The van der Waals surface area contributed by atoms with Gasteiger partial charge < -0.3 is 9.64 Å². The van der Waals surface area contributed by atoms with Crippen LogP contribution in [0.5, 0.6) is 5.75 Å². The maximum atomic E-state index is 12.9. The van der Waals surface area contributed by atoms with Crippen molar-refractivity contribution < 1.29 is 18.3 Å². The van der Waals surface area contributed by atoms with Crippen molar-refractivity contribution in [1.29, 1.82) is 0 Å². The number of carbonyl (C=O) groups is 1. The number of amides is 1. The summed E-state index contributed by atoms with van der Waals surface area (Å²) < 4.78 is 31.6. The Morgan fingerprint density at radius 1 is 1.50 bits per heavy atom. The van der Waals surface area contributed by atoms with E-state index in [1.807, 2.05) is 28.7 Å². The van der Waals surface area contributed by atoms with Crippen LogP contribution in [0.4, 0.5) is 8.78 Å². The molecule has 1 heterocycles. The van der Waals surface area contributed by atoms with Crippen LogP contribution in [0.1, 0.15) is 18.9 Å². The van der Waals surface area contributed by atoms with Crippen molar-refractivity contribution in [2.45, 2.75) is 23.7 Å². The fourth-order valence-corrected chi connectivity index (χ4v) is 3.43. The number of alkyl halides is 3. The van der Waals surface area contributed by atoms with Gasteiger partial charge in [-0.1, -0.05) is 34.6 Å². The van der Waals surface area contributed by atoms with Crippen molar-refractivity contribution in [3.8, 4) is 17.6 Å². The Kier molecular flexibility index (Phi) is 7.04. The van der Waals surface area contributed by atoms with E-state index in [1.54, 1.807) is 25.1 Å². The van der Waals surface area contributed by atoms with Crippen LogP contribution in [0.3, 0.4) is 0 Å². The van der Waals surface area contributed by atoms with Gasteiger partial charge in [0.15, 0.2) is 0 Å². The zero-order valence-corrected chi connectivity index (χ0v) is 16.6. The first kappa shape index (κ1) is 19.2. The summed E-state index contributed by atoms with van der Waals surface area (Å²) in [7, 11) is 0. The molecule has 1 aliphatic heterocycles. The zero-order valence-electron chi connectivity index (χ0n) is 12.9. The van der Waals surface area contributed by atoms with E-state index in [0.717, 1.165) is 4.90 Å². The predicted molar refractivity (Wildman–Crippen MR) is 101 cm³/mol. The Bertz CT molecular complexity index is 712. The van der Waals surface area contributed by atoms with Gasteiger partial charge >= 0.3 is 0 Å². The monoisotopic (exact) mass is 509 g/mol. The molecular weight excluding hydrogens is 495 g/mol. The maximum Gasteiger partial charge on any atom is 0.256 e. The second-order valence-electron chi connectivity index (χ2n) is 4.99. The minimum absolute atomic E-state index is 0.275. The van der Waals surface area contributed by atoms with E-state index in [4.69, 9.17) is 4.74 Å². The van der Waals surface area contributed by atoms with Crippen molar-refractivity contribution in [3.05, 3.63) is 34.3 Å².